The second-order valence-electron chi connectivity index (χ2n) is 4.37. The fourth-order valence-electron chi connectivity index (χ4n) is 1.71. The van der Waals surface area contributed by atoms with Crippen molar-refractivity contribution in [2.45, 2.75) is 37.1 Å². The average molecular weight is 353 g/mol. The van der Waals surface area contributed by atoms with E-state index in [2.05, 4.69) is 20.7 Å². The van der Waals surface area contributed by atoms with E-state index in [1.807, 2.05) is 13.8 Å². The standard InChI is InChI=1S/C12H18BrFN2O2S/c1-3-12(4-2,8-15)16-19(17,18)9-5-6-10(13)11(14)7-9/h5-7,16H,3-4,8,15H2,1-2H3. The molecule has 1 rings (SSSR count). The summed E-state index contributed by atoms with van der Waals surface area (Å²) >= 11 is 2.99. The van der Waals surface area contributed by atoms with Crippen molar-refractivity contribution in [1.29, 1.82) is 0 Å². The largest absolute Gasteiger partial charge is 0.329 e. The van der Waals surface area contributed by atoms with Crippen molar-refractivity contribution in [3.8, 4) is 0 Å². The summed E-state index contributed by atoms with van der Waals surface area (Å²) in [5.74, 6) is -0.616. The summed E-state index contributed by atoms with van der Waals surface area (Å²) in [6.07, 6.45) is 1.14. The van der Waals surface area contributed by atoms with Crippen molar-refractivity contribution in [2.75, 3.05) is 6.54 Å². The number of benzene rings is 1. The summed E-state index contributed by atoms with van der Waals surface area (Å²) in [5.41, 5.74) is 4.97. The van der Waals surface area contributed by atoms with Crippen molar-refractivity contribution in [1.82, 2.24) is 4.72 Å². The van der Waals surface area contributed by atoms with Crippen LogP contribution in [0.15, 0.2) is 27.6 Å². The second kappa shape index (κ2) is 6.30. The van der Waals surface area contributed by atoms with E-state index in [0.29, 0.717) is 12.8 Å². The molecule has 0 aliphatic rings. The van der Waals surface area contributed by atoms with Gasteiger partial charge < -0.3 is 5.73 Å². The third-order valence-electron chi connectivity index (χ3n) is 3.30. The van der Waals surface area contributed by atoms with Crippen molar-refractivity contribution in [2.24, 2.45) is 5.73 Å². The Morgan fingerprint density at radius 2 is 1.95 bits per heavy atom. The lowest BCUT2D eigenvalue weighted by atomic mass is 9.95. The van der Waals surface area contributed by atoms with Crippen molar-refractivity contribution >= 4 is 26.0 Å². The lowest BCUT2D eigenvalue weighted by Crippen LogP contribution is -2.52. The molecule has 1 aromatic carbocycles. The highest BCUT2D eigenvalue weighted by atomic mass is 79.9. The van der Waals surface area contributed by atoms with E-state index < -0.39 is 21.4 Å². The number of sulfonamides is 1. The first-order valence-electron chi connectivity index (χ1n) is 5.99. The fraction of sp³-hybridized carbons (Fsp3) is 0.500. The van der Waals surface area contributed by atoms with Gasteiger partial charge in [-0.15, -0.1) is 0 Å². The quantitative estimate of drug-likeness (QED) is 0.825. The molecule has 108 valence electrons. The van der Waals surface area contributed by atoms with Crippen LogP contribution < -0.4 is 10.5 Å². The van der Waals surface area contributed by atoms with E-state index in [4.69, 9.17) is 5.73 Å². The Kier molecular flexibility index (Phi) is 5.49. The Labute approximate surface area is 121 Å². The molecule has 0 aliphatic carbocycles. The molecule has 3 N–H and O–H groups in total. The van der Waals surface area contributed by atoms with Gasteiger partial charge in [-0.3, -0.25) is 0 Å². The molecule has 0 unspecified atom stereocenters. The number of nitrogens with two attached hydrogens (primary N) is 1. The maximum atomic E-state index is 13.4. The minimum atomic E-state index is -3.78. The number of halogens is 2. The lowest BCUT2D eigenvalue weighted by Gasteiger charge is -2.31. The van der Waals surface area contributed by atoms with E-state index in [0.717, 1.165) is 6.07 Å². The molecule has 0 saturated carbocycles. The van der Waals surface area contributed by atoms with Crippen LogP contribution in [0.3, 0.4) is 0 Å². The van der Waals surface area contributed by atoms with Gasteiger partial charge in [0.05, 0.1) is 9.37 Å². The van der Waals surface area contributed by atoms with Crippen molar-refractivity contribution < 1.29 is 12.8 Å². The van der Waals surface area contributed by atoms with Crippen LogP contribution in [-0.4, -0.2) is 20.5 Å². The minimum Gasteiger partial charge on any atom is -0.329 e. The predicted molar refractivity (Wildman–Crippen MR) is 76.8 cm³/mol. The highest BCUT2D eigenvalue weighted by Gasteiger charge is 2.31. The predicted octanol–water partition coefficient (Wildman–Crippen LogP) is 2.38. The lowest BCUT2D eigenvalue weighted by molar-refractivity contribution is 0.363. The van der Waals surface area contributed by atoms with E-state index in [1.54, 1.807) is 0 Å². The van der Waals surface area contributed by atoms with Crippen molar-refractivity contribution in [3.63, 3.8) is 0 Å². The van der Waals surface area contributed by atoms with Gasteiger partial charge >= 0.3 is 0 Å². The van der Waals surface area contributed by atoms with Gasteiger partial charge in [-0.25, -0.2) is 17.5 Å². The maximum absolute atomic E-state index is 13.4. The molecule has 0 fully saturated rings. The smallest absolute Gasteiger partial charge is 0.241 e. The van der Waals surface area contributed by atoms with Crippen LogP contribution in [0.4, 0.5) is 4.39 Å². The summed E-state index contributed by atoms with van der Waals surface area (Å²) in [7, 11) is -3.78. The van der Waals surface area contributed by atoms with Gasteiger partial charge in [-0.2, -0.15) is 0 Å². The fourth-order valence-corrected chi connectivity index (χ4v) is 3.53. The van der Waals surface area contributed by atoms with Crippen LogP contribution in [0, 0.1) is 5.82 Å². The van der Waals surface area contributed by atoms with Crippen LogP contribution in [0.5, 0.6) is 0 Å². The van der Waals surface area contributed by atoms with E-state index in [1.165, 1.54) is 12.1 Å². The van der Waals surface area contributed by atoms with E-state index >= 15 is 0 Å². The SMILES string of the molecule is CCC(CC)(CN)NS(=O)(=O)c1ccc(Br)c(F)c1. The molecule has 0 atom stereocenters. The molecule has 1 aromatic rings. The molecule has 4 nitrogen and oxygen atoms in total. The second-order valence-corrected chi connectivity index (χ2v) is 6.91. The van der Waals surface area contributed by atoms with Gasteiger partial charge in [-0.1, -0.05) is 13.8 Å². The summed E-state index contributed by atoms with van der Waals surface area (Å²) in [6.45, 7) is 3.92. The van der Waals surface area contributed by atoms with E-state index in [-0.39, 0.29) is 15.9 Å². The molecule has 0 saturated heterocycles. The molecule has 0 bridgehead atoms. The Bertz CT molecular complexity index is 536. The number of nitrogens with one attached hydrogen (secondary N) is 1. The van der Waals surface area contributed by atoms with Gasteiger partial charge in [0, 0.05) is 12.1 Å². The number of hydrogen-bond acceptors (Lipinski definition) is 3. The first-order valence-corrected chi connectivity index (χ1v) is 8.27. The Morgan fingerprint density at radius 3 is 2.37 bits per heavy atom. The molecule has 19 heavy (non-hydrogen) atoms. The van der Waals surface area contributed by atoms with Crippen LogP contribution in [0.1, 0.15) is 26.7 Å². The normalized spacial score (nSPS) is 12.7. The third-order valence-corrected chi connectivity index (χ3v) is 5.52. The van der Waals surface area contributed by atoms with Gasteiger partial charge in [-0.05, 0) is 47.0 Å². The summed E-state index contributed by atoms with van der Waals surface area (Å²) in [5, 5.41) is 0. The van der Waals surface area contributed by atoms with Crippen molar-refractivity contribution in [3.05, 3.63) is 28.5 Å². The molecule has 0 aromatic heterocycles. The maximum Gasteiger partial charge on any atom is 0.241 e. The molecule has 0 heterocycles. The minimum absolute atomic E-state index is 0.104. The highest BCUT2D eigenvalue weighted by Crippen LogP contribution is 2.22. The Morgan fingerprint density at radius 1 is 1.37 bits per heavy atom. The Hall–Kier alpha value is -0.500. The summed E-state index contributed by atoms with van der Waals surface area (Å²) in [6, 6.07) is 3.70. The monoisotopic (exact) mass is 352 g/mol. The van der Waals surface area contributed by atoms with Gasteiger partial charge in [0.1, 0.15) is 5.82 Å². The zero-order chi connectivity index (χ0) is 14.7. The highest BCUT2D eigenvalue weighted by molar-refractivity contribution is 9.10. The molecular weight excluding hydrogens is 335 g/mol. The molecule has 0 amide bonds. The van der Waals surface area contributed by atoms with Crippen LogP contribution >= 0.6 is 15.9 Å². The average Bonchev–Trinajstić information content (AvgIpc) is 2.39. The first kappa shape index (κ1) is 16.6. The van der Waals surface area contributed by atoms with Gasteiger partial charge in [0.2, 0.25) is 10.0 Å². The molecule has 0 radical (unpaired) electrons. The summed E-state index contributed by atoms with van der Waals surface area (Å²) < 4.78 is 40.7. The molecule has 7 heteroatoms. The Balaban J connectivity index is 3.14. The zero-order valence-electron chi connectivity index (χ0n) is 10.9. The van der Waals surface area contributed by atoms with Crippen LogP contribution in [0.25, 0.3) is 0 Å². The van der Waals surface area contributed by atoms with Gasteiger partial charge in [0.15, 0.2) is 0 Å². The molecular formula is C12H18BrFN2O2S. The zero-order valence-corrected chi connectivity index (χ0v) is 13.3. The van der Waals surface area contributed by atoms with Crippen LogP contribution in [0.2, 0.25) is 0 Å². The number of rotatable bonds is 6. The third kappa shape index (κ3) is 3.75. The van der Waals surface area contributed by atoms with Crippen LogP contribution in [-0.2, 0) is 10.0 Å². The van der Waals surface area contributed by atoms with E-state index in [9.17, 15) is 12.8 Å². The number of hydrogen-bond donors (Lipinski definition) is 2. The molecule has 0 spiro atoms. The molecule has 0 aliphatic heterocycles. The van der Waals surface area contributed by atoms with Gasteiger partial charge in [0.25, 0.3) is 0 Å². The first-order chi connectivity index (χ1) is 8.80. The topological polar surface area (TPSA) is 72.2 Å². The summed E-state index contributed by atoms with van der Waals surface area (Å²) in [4.78, 5) is -0.104.